The van der Waals surface area contributed by atoms with Crippen LogP contribution in [0.4, 0.5) is 0 Å². The summed E-state index contributed by atoms with van der Waals surface area (Å²) in [5.74, 6) is 2.47. The molecule has 1 unspecified atom stereocenters. The molecule has 0 saturated heterocycles. The second-order valence-electron chi connectivity index (χ2n) is 5.94. The van der Waals surface area contributed by atoms with Crippen LogP contribution in [0.25, 0.3) is 0 Å². The van der Waals surface area contributed by atoms with E-state index in [-0.39, 0.29) is 0 Å². The number of aryl methyl sites for hydroxylation is 3. The number of hydrogen-bond acceptors (Lipinski definition) is 2. The molecule has 0 amide bonds. The van der Waals surface area contributed by atoms with Gasteiger partial charge in [-0.05, 0) is 79.3 Å². The summed E-state index contributed by atoms with van der Waals surface area (Å²) >= 11 is 8.06. The molecule has 3 rings (SSSR count). The summed E-state index contributed by atoms with van der Waals surface area (Å²) in [4.78, 5) is 3.41. The number of halogens is 1. The molecule has 0 radical (unpaired) electrons. The highest BCUT2D eigenvalue weighted by Crippen LogP contribution is 2.43. The van der Waals surface area contributed by atoms with Gasteiger partial charge in [0, 0.05) is 15.5 Å². The van der Waals surface area contributed by atoms with E-state index in [1.165, 1.54) is 50.6 Å². The molecule has 0 aliphatic carbocycles. The lowest BCUT2D eigenvalue weighted by atomic mass is 9.92. The summed E-state index contributed by atoms with van der Waals surface area (Å²) in [6.45, 7) is 8.96. The fourth-order valence-electron chi connectivity index (χ4n) is 3.06. The normalized spacial score (nSPS) is 15.9. The highest BCUT2D eigenvalue weighted by atomic mass is 79.9. The van der Waals surface area contributed by atoms with Crippen LogP contribution in [0.15, 0.2) is 12.1 Å². The van der Waals surface area contributed by atoms with Crippen molar-refractivity contribution < 1.29 is 0 Å². The lowest BCUT2D eigenvalue weighted by Crippen LogP contribution is -2.02. The molecule has 0 bridgehead atoms. The number of rotatable bonds is 2. The van der Waals surface area contributed by atoms with E-state index in [0.29, 0.717) is 4.83 Å². The molecule has 3 heteroatoms. The Kier molecular flexibility index (Phi) is 4.54. The van der Waals surface area contributed by atoms with Crippen LogP contribution in [-0.2, 0) is 12.2 Å². The average molecular weight is 381 g/mol. The van der Waals surface area contributed by atoms with Crippen molar-refractivity contribution in [1.82, 2.24) is 0 Å². The molecule has 1 aliphatic heterocycles. The summed E-state index contributed by atoms with van der Waals surface area (Å²) < 4.78 is 0. The van der Waals surface area contributed by atoms with E-state index in [9.17, 15) is 0 Å². The van der Waals surface area contributed by atoms with E-state index < -0.39 is 0 Å². The fourth-order valence-corrected chi connectivity index (χ4v) is 6.53. The van der Waals surface area contributed by atoms with Gasteiger partial charge in [0.15, 0.2) is 0 Å². The monoisotopic (exact) mass is 380 g/mol. The van der Waals surface area contributed by atoms with E-state index in [0.717, 1.165) is 0 Å². The van der Waals surface area contributed by atoms with Crippen molar-refractivity contribution in [1.29, 1.82) is 0 Å². The first-order valence-corrected chi connectivity index (χ1v) is 10.3. The van der Waals surface area contributed by atoms with Gasteiger partial charge in [-0.3, -0.25) is 0 Å². The number of alkyl halides is 1. The Bertz CT molecular complexity index is 635. The van der Waals surface area contributed by atoms with Gasteiger partial charge in [-0.15, -0.1) is 11.3 Å². The molecule has 1 aliphatic rings. The highest BCUT2D eigenvalue weighted by Gasteiger charge is 2.22. The summed E-state index contributed by atoms with van der Waals surface area (Å²) in [5, 5.41) is 0. The summed E-state index contributed by atoms with van der Waals surface area (Å²) in [7, 11) is 0. The Balaban J connectivity index is 2.06. The summed E-state index contributed by atoms with van der Waals surface area (Å²) in [5.41, 5.74) is 8.69. The molecule has 21 heavy (non-hydrogen) atoms. The van der Waals surface area contributed by atoms with Crippen LogP contribution >= 0.6 is 39.0 Å². The molecule has 2 aromatic rings. The van der Waals surface area contributed by atoms with Gasteiger partial charge in [-0.1, -0.05) is 22.0 Å². The molecule has 2 heterocycles. The lowest BCUT2D eigenvalue weighted by Gasteiger charge is -2.19. The molecule has 1 aromatic heterocycles. The van der Waals surface area contributed by atoms with Crippen LogP contribution in [0.5, 0.6) is 0 Å². The zero-order valence-electron chi connectivity index (χ0n) is 13.0. The van der Waals surface area contributed by atoms with Crippen LogP contribution in [0.1, 0.15) is 48.0 Å². The molecular weight excluding hydrogens is 360 g/mol. The first-order chi connectivity index (χ1) is 9.99. The molecule has 112 valence electrons. The van der Waals surface area contributed by atoms with Gasteiger partial charge in [0.25, 0.3) is 0 Å². The SMILES string of the molecule is Cc1cc(C)c(C)c(C(Br)c2cc3c(s2)CCSC3)c1C. The second kappa shape index (κ2) is 6.10. The quantitative estimate of drug-likeness (QED) is 0.554. The molecule has 0 fully saturated rings. The molecule has 0 saturated carbocycles. The molecule has 1 atom stereocenters. The lowest BCUT2D eigenvalue weighted by molar-refractivity contribution is 1.09. The van der Waals surface area contributed by atoms with Gasteiger partial charge < -0.3 is 0 Å². The first kappa shape index (κ1) is 15.6. The number of thiophene rings is 1. The van der Waals surface area contributed by atoms with Crippen LogP contribution in [-0.4, -0.2) is 5.75 Å². The van der Waals surface area contributed by atoms with Gasteiger partial charge in [-0.2, -0.15) is 11.8 Å². The van der Waals surface area contributed by atoms with E-state index in [1.54, 1.807) is 10.4 Å². The van der Waals surface area contributed by atoms with Crippen molar-refractivity contribution in [3.05, 3.63) is 55.3 Å². The zero-order valence-corrected chi connectivity index (χ0v) is 16.3. The third kappa shape index (κ3) is 2.85. The fraction of sp³-hybridized carbons (Fsp3) is 0.444. The van der Waals surface area contributed by atoms with Gasteiger partial charge in [0.2, 0.25) is 0 Å². The van der Waals surface area contributed by atoms with Crippen molar-refractivity contribution in [3.8, 4) is 0 Å². The molecule has 0 N–H and O–H groups in total. The van der Waals surface area contributed by atoms with Crippen LogP contribution in [0.3, 0.4) is 0 Å². The molecule has 1 aromatic carbocycles. The standard InChI is InChI=1S/C18H21BrS2/c1-10-7-11(2)13(4)17(12(10)3)18(19)16-8-14-9-20-6-5-15(14)21-16/h7-8,18H,5-6,9H2,1-4H3. The van der Waals surface area contributed by atoms with Crippen molar-refractivity contribution in [2.75, 3.05) is 5.75 Å². The summed E-state index contributed by atoms with van der Waals surface area (Å²) in [6, 6.07) is 4.74. The number of thioether (sulfide) groups is 1. The van der Waals surface area contributed by atoms with Gasteiger partial charge in [-0.25, -0.2) is 0 Å². The minimum atomic E-state index is 0.330. The maximum atomic E-state index is 3.99. The second-order valence-corrected chi connectivity index (χ2v) is 9.13. The van der Waals surface area contributed by atoms with Crippen molar-refractivity contribution in [2.45, 2.75) is 44.7 Å². The third-order valence-electron chi connectivity index (χ3n) is 4.57. The van der Waals surface area contributed by atoms with E-state index >= 15 is 0 Å². The van der Waals surface area contributed by atoms with E-state index in [1.807, 2.05) is 11.3 Å². The maximum Gasteiger partial charge on any atom is 0.0743 e. The smallest absolute Gasteiger partial charge is 0.0743 e. The predicted octanol–water partition coefficient (Wildman–Crippen LogP) is 6.26. The van der Waals surface area contributed by atoms with Gasteiger partial charge in [0.05, 0.1) is 4.83 Å². The van der Waals surface area contributed by atoms with Crippen LogP contribution < -0.4 is 0 Å². The molecule has 0 spiro atoms. The van der Waals surface area contributed by atoms with E-state index in [2.05, 4.69) is 67.5 Å². The van der Waals surface area contributed by atoms with Gasteiger partial charge in [0.1, 0.15) is 0 Å². The Morgan fingerprint density at radius 3 is 2.33 bits per heavy atom. The van der Waals surface area contributed by atoms with Crippen molar-refractivity contribution in [2.24, 2.45) is 0 Å². The number of benzene rings is 1. The number of hydrogen-bond donors (Lipinski definition) is 0. The van der Waals surface area contributed by atoms with E-state index in [4.69, 9.17) is 0 Å². The van der Waals surface area contributed by atoms with Crippen molar-refractivity contribution >= 4 is 39.0 Å². The summed E-state index contributed by atoms with van der Waals surface area (Å²) in [6.07, 6.45) is 1.25. The zero-order chi connectivity index (χ0) is 15.1. The topological polar surface area (TPSA) is 0 Å². The predicted molar refractivity (Wildman–Crippen MR) is 100 cm³/mol. The Hall–Kier alpha value is -0.250. The minimum Gasteiger partial charge on any atom is -0.157 e. The average Bonchev–Trinajstić information content (AvgIpc) is 2.89. The molecule has 0 nitrogen and oxygen atoms in total. The van der Waals surface area contributed by atoms with Crippen LogP contribution in [0, 0.1) is 27.7 Å². The highest BCUT2D eigenvalue weighted by molar-refractivity contribution is 9.09. The maximum absolute atomic E-state index is 3.99. The minimum absolute atomic E-state index is 0.330. The Morgan fingerprint density at radius 1 is 1.05 bits per heavy atom. The van der Waals surface area contributed by atoms with Gasteiger partial charge >= 0.3 is 0 Å². The largest absolute Gasteiger partial charge is 0.157 e. The third-order valence-corrected chi connectivity index (χ3v) is 8.14. The number of fused-ring (bicyclic) bond motifs is 1. The Labute approximate surface area is 144 Å². The van der Waals surface area contributed by atoms with Crippen LogP contribution in [0.2, 0.25) is 0 Å². The van der Waals surface area contributed by atoms with Crippen molar-refractivity contribution in [3.63, 3.8) is 0 Å². The molecular formula is C18H21BrS2. The Morgan fingerprint density at radius 2 is 1.71 bits per heavy atom. The first-order valence-electron chi connectivity index (χ1n) is 7.39.